The fraction of sp³-hybridized carbons (Fsp3) is 0.318. The number of methoxy groups -OCH3 is 1. The zero-order valence-corrected chi connectivity index (χ0v) is 16.2. The summed E-state index contributed by atoms with van der Waals surface area (Å²) in [6.45, 7) is 1.27. The fourth-order valence-corrected chi connectivity index (χ4v) is 3.59. The largest absolute Gasteiger partial charge is 0.497 e. The monoisotopic (exact) mass is 395 g/mol. The van der Waals surface area contributed by atoms with E-state index in [4.69, 9.17) is 9.26 Å². The van der Waals surface area contributed by atoms with E-state index in [1.54, 1.807) is 19.2 Å². The molecule has 2 heterocycles. The molecule has 1 atom stereocenters. The van der Waals surface area contributed by atoms with Gasteiger partial charge in [-0.1, -0.05) is 17.3 Å². The molecule has 0 N–H and O–H groups in total. The average molecular weight is 395 g/mol. The second kappa shape index (κ2) is 8.43. The van der Waals surface area contributed by atoms with Crippen molar-refractivity contribution in [3.8, 4) is 17.1 Å². The quantitative estimate of drug-likeness (QED) is 0.657. The van der Waals surface area contributed by atoms with E-state index in [0.717, 1.165) is 30.7 Å². The van der Waals surface area contributed by atoms with Crippen molar-refractivity contribution in [2.45, 2.75) is 25.2 Å². The van der Waals surface area contributed by atoms with Crippen molar-refractivity contribution in [3.05, 3.63) is 65.8 Å². The van der Waals surface area contributed by atoms with Crippen molar-refractivity contribution < 1.29 is 18.4 Å². The Labute approximate surface area is 168 Å². The minimum Gasteiger partial charge on any atom is -0.497 e. The van der Waals surface area contributed by atoms with Crippen molar-refractivity contribution >= 4 is 5.91 Å². The molecule has 0 aliphatic carbocycles. The topological polar surface area (TPSA) is 68.5 Å². The van der Waals surface area contributed by atoms with Gasteiger partial charge in [0.05, 0.1) is 19.4 Å². The summed E-state index contributed by atoms with van der Waals surface area (Å²) < 4.78 is 23.8. The lowest BCUT2D eigenvalue weighted by Gasteiger charge is -2.31. The van der Waals surface area contributed by atoms with Gasteiger partial charge in [-0.25, -0.2) is 4.39 Å². The van der Waals surface area contributed by atoms with E-state index in [9.17, 15) is 9.18 Å². The molecule has 0 spiro atoms. The number of hydrogen-bond donors (Lipinski definition) is 0. The van der Waals surface area contributed by atoms with Crippen molar-refractivity contribution in [1.82, 2.24) is 15.0 Å². The molecule has 1 saturated heterocycles. The summed E-state index contributed by atoms with van der Waals surface area (Å²) in [5, 5.41) is 4.02. The summed E-state index contributed by atoms with van der Waals surface area (Å²) in [6, 6.07) is 13.5. The number of halogens is 1. The van der Waals surface area contributed by atoms with Gasteiger partial charge >= 0.3 is 0 Å². The van der Waals surface area contributed by atoms with Crippen LogP contribution in [0.3, 0.4) is 0 Å². The highest BCUT2D eigenvalue weighted by molar-refractivity contribution is 5.79. The van der Waals surface area contributed by atoms with Crippen LogP contribution in [0.1, 0.15) is 30.2 Å². The number of carbonyl (C=O) groups is 1. The first kappa shape index (κ1) is 19.1. The maximum Gasteiger partial charge on any atom is 0.231 e. The maximum atomic E-state index is 13.1. The van der Waals surface area contributed by atoms with Crippen molar-refractivity contribution in [2.75, 3.05) is 20.2 Å². The van der Waals surface area contributed by atoms with Gasteiger partial charge in [-0.2, -0.15) is 4.98 Å². The Bertz CT molecular complexity index is 987. The van der Waals surface area contributed by atoms with Crippen LogP contribution < -0.4 is 4.74 Å². The number of hydrogen-bond acceptors (Lipinski definition) is 5. The number of piperidine rings is 1. The molecule has 0 radical (unpaired) electrons. The molecule has 6 nitrogen and oxygen atoms in total. The van der Waals surface area contributed by atoms with E-state index in [2.05, 4.69) is 10.1 Å². The standard InChI is InChI=1S/C22H22FN3O3/c1-28-19-6-2-4-15(12-19)13-20(27)26-11-3-5-17(14-26)22-24-21(25-29-22)16-7-9-18(23)10-8-16/h2,4,6-10,12,17H,3,5,11,13-14H2,1H3. The predicted molar refractivity (Wildman–Crippen MR) is 105 cm³/mol. The average Bonchev–Trinajstić information content (AvgIpc) is 3.25. The lowest BCUT2D eigenvalue weighted by molar-refractivity contribution is -0.131. The minimum atomic E-state index is -0.310. The molecule has 150 valence electrons. The molecule has 0 saturated carbocycles. The first-order chi connectivity index (χ1) is 14.1. The SMILES string of the molecule is COc1cccc(CC(=O)N2CCCC(c3nc(-c4ccc(F)cc4)no3)C2)c1. The Morgan fingerprint density at radius 1 is 1.28 bits per heavy atom. The Balaban J connectivity index is 1.43. The van der Waals surface area contributed by atoms with Crippen LogP contribution in [0, 0.1) is 5.82 Å². The molecule has 2 aromatic carbocycles. The molecule has 1 fully saturated rings. The zero-order valence-electron chi connectivity index (χ0n) is 16.2. The number of benzene rings is 2. The highest BCUT2D eigenvalue weighted by atomic mass is 19.1. The summed E-state index contributed by atoms with van der Waals surface area (Å²) in [4.78, 5) is 19.1. The number of ether oxygens (including phenoxy) is 1. The summed E-state index contributed by atoms with van der Waals surface area (Å²) in [6.07, 6.45) is 2.09. The third-order valence-corrected chi connectivity index (χ3v) is 5.16. The van der Waals surface area contributed by atoms with E-state index in [1.807, 2.05) is 29.2 Å². The molecule has 1 aliphatic rings. The van der Waals surface area contributed by atoms with Crippen LogP contribution in [0.5, 0.6) is 5.75 Å². The first-order valence-electron chi connectivity index (χ1n) is 9.62. The summed E-state index contributed by atoms with van der Waals surface area (Å²) >= 11 is 0. The molecular weight excluding hydrogens is 373 g/mol. The second-order valence-corrected chi connectivity index (χ2v) is 7.17. The normalized spacial score (nSPS) is 16.6. The molecule has 29 heavy (non-hydrogen) atoms. The van der Waals surface area contributed by atoms with Crippen LogP contribution in [0.2, 0.25) is 0 Å². The van der Waals surface area contributed by atoms with E-state index < -0.39 is 0 Å². The van der Waals surface area contributed by atoms with E-state index in [0.29, 0.717) is 30.2 Å². The highest BCUT2D eigenvalue weighted by Gasteiger charge is 2.28. The minimum absolute atomic E-state index is 0.000271. The molecule has 1 unspecified atom stereocenters. The van der Waals surface area contributed by atoms with Crippen LogP contribution >= 0.6 is 0 Å². The van der Waals surface area contributed by atoms with Gasteiger partial charge in [0.15, 0.2) is 0 Å². The fourth-order valence-electron chi connectivity index (χ4n) is 3.59. The van der Waals surface area contributed by atoms with Crippen LogP contribution in [-0.2, 0) is 11.2 Å². The predicted octanol–water partition coefficient (Wildman–Crippen LogP) is 3.83. The maximum absolute atomic E-state index is 13.1. The van der Waals surface area contributed by atoms with Gasteiger partial charge in [-0.15, -0.1) is 0 Å². The van der Waals surface area contributed by atoms with Crippen molar-refractivity contribution in [1.29, 1.82) is 0 Å². The number of carbonyl (C=O) groups excluding carboxylic acids is 1. The van der Waals surface area contributed by atoms with E-state index in [-0.39, 0.29) is 17.6 Å². The summed E-state index contributed by atoms with van der Waals surface area (Å²) in [5.74, 6) is 1.45. The molecule has 7 heteroatoms. The zero-order chi connectivity index (χ0) is 20.2. The van der Waals surface area contributed by atoms with Crippen LogP contribution in [0.25, 0.3) is 11.4 Å². The van der Waals surface area contributed by atoms with Crippen LogP contribution in [0.15, 0.2) is 53.1 Å². The van der Waals surface area contributed by atoms with Gasteiger partial charge in [-0.3, -0.25) is 4.79 Å². The van der Waals surface area contributed by atoms with Crippen molar-refractivity contribution in [2.24, 2.45) is 0 Å². The molecule has 1 aliphatic heterocycles. The molecule has 4 rings (SSSR count). The Morgan fingerprint density at radius 3 is 2.90 bits per heavy atom. The van der Waals surface area contributed by atoms with Gasteiger partial charge in [0.2, 0.25) is 17.6 Å². The number of amides is 1. The van der Waals surface area contributed by atoms with Gasteiger partial charge < -0.3 is 14.2 Å². The number of nitrogens with zero attached hydrogens (tertiary/aromatic N) is 3. The second-order valence-electron chi connectivity index (χ2n) is 7.17. The lowest BCUT2D eigenvalue weighted by atomic mass is 9.97. The van der Waals surface area contributed by atoms with Gasteiger partial charge in [-0.05, 0) is 54.8 Å². The van der Waals surface area contributed by atoms with Crippen molar-refractivity contribution in [3.63, 3.8) is 0 Å². The first-order valence-corrected chi connectivity index (χ1v) is 9.62. The Hall–Kier alpha value is -3.22. The summed E-state index contributed by atoms with van der Waals surface area (Å²) in [7, 11) is 1.61. The third kappa shape index (κ3) is 4.45. The smallest absolute Gasteiger partial charge is 0.231 e. The number of likely N-dealkylation sites (tertiary alicyclic amines) is 1. The molecule has 1 aromatic heterocycles. The van der Waals surface area contributed by atoms with Gasteiger partial charge in [0.1, 0.15) is 11.6 Å². The molecular formula is C22H22FN3O3. The highest BCUT2D eigenvalue weighted by Crippen LogP contribution is 2.28. The number of rotatable bonds is 5. The van der Waals surface area contributed by atoms with E-state index in [1.165, 1.54) is 12.1 Å². The third-order valence-electron chi connectivity index (χ3n) is 5.16. The molecule has 0 bridgehead atoms. The van der Waals surface area contributed by atoms with Gasteiger partial charge in [0.25, 0.3) is 0 Å². The van der Waals surface area contributed by atoms with E-state index >= 15 is 0 Å². The summed E-state index contributed by atoms with van der Waals surface area (Å²) in [5.41, 5.74) is 1.62. The molecule has 3 aromatic rings. The van der Waals surface area contributed by atoms with Gasteiger partial charge in [0, 0.05) is 18.7 Å². The Morgan fingerprint density at radius 2 is 2.10 bits per heavy atom. The van der Waals surface area contributed by atoms with Crippen LogP contribution in [-0.4, -0.2) is 41.1 Å². The lowest BCUT2D eigenvalue weighted by Crippen LogP contribution is -2.40. The van der Waals surface area contributed by atoms with Crippen LogP contribution in [0.4, 0.5) is 4.39 Å². The molecule has 1 amide bonds. The number of aromatic nitrogens is 2. The Kier molecular flexibility index (Phi) is 5.55.